The van der Waals surface area contributed by atoms with Crippen molar-refractivity contribution < 1.29 is 4.79 Å². The Kier molecular flexibility index (Phi) is 2.50. The highest BCUT2D eigenvalue weighted by atomic mass is 16.1. The molecule has 1 aromatic heterocycles. The molecule has 0 radical (unpaired) electrons. The van der Waals surface area contributed by atoms with E-state index in [0.29, 0.717) is 17.7 Å². The summed E-state index contributed by atoms with van der Waals surface area (Å²) in [5.74, 6) is 2.13. The Morgan fingerprint density at radius 2 is 1.94 bits per heavy atom. The lowest BCUT2D eigenvalue weighted by atomic mass is 9.97. The molecule has 0 bridgehead atoms. The van der Waals surface area contributed by atoms with Gasteiger partial charge in [-0.25, -0.2) is 4.98 Å². The van der Waals surface area contributed by atoms with Gasteiger partial charge >= 0.3 is 0 Å². The standard InChI is InChI=1S/C13H17N3O/c14-11-6-5-10(7-15-11)16-13(17)12(8-1-2-8)9-3-4-9/h5-9,12H,1-4H2,(H2,14,15)(H,16,17). The van der Waals surface area contributed by atoms with Crippen LogP contribution in [0.1, 0.15) is 25.7 Å². The van der Waals surface area contributed by atoms with Gasteiger partial charge in [-0.05, 0) is 49.7 Å². The number of hydrogen-bond donors (Lipinski definition) is 2. The number of carbonyl (C=O) groups is 1. The smallest absolute Gasteiger partial charge is 0.228 e. The highest BCUT2D eigenvalue weighted by molar-refractivity contribution is 5.93. The minimum atomic E-state index is 0.168. The summed E-state index contributed by atoms with van der Waals surface area (Å²) < 4.78 is 0. The molecule has 2 aliphatic rings. The molecule has 0 aliphatic heterocycles. The van der Waals surface area contributed by atoms with Gasteiger partial charge in [-0.2, -0.15) is 0 Å². The number of amides is 1. The molecule has 0 saturated heterocycles. The second-order valence-electron chi connectivity index (χ2n) is 5.16. The summed E-state index contributed by atoms with van der Waals surface area (Å²) in [5, 5.41) is 2.95. The van der Waals surface area contributed by atoms with Gasteiger partial charge in [0, 0.05) is 5.92 Å². The van der Waals surface area contributed by atoms with Gasteiger partial charge in [-0.3, -0.25) is 4.79 Å². The van der Waals surface area contributed by atoms with E-state index in [-0.39, 0.29) is 11.8 Å². The third kappa shape index (κ3) is 2.40. The first-order valence-corrected chi connectivity index (χ1v) is 6.26. The zero-order valence-corrected chi connectivity index (χ0v) is 9.73. The van der Waals surface area contributed by atoms with E-state index in [9.17, 15) is 4.79 Å². The molecule has 0 unspecified atom stereocenters. The van der Waals surface area contributed by atoms with Crippen LogP contribution in [0, 0.1) is 17.8 Å². The molecule has 1 aromatic rings. The second-order valence-corrected chi connectivity index (χ2v) is 5.16. The van der Waals surface area contributed by atoms with Gasteiger partial charge in [-0.1, -0.05) is 0 Å². The van der Waals surface area contributed by atoms with Crippen molar-refractivity contribution in [3.8, 4) is 0 Å². The Bertz CT molecular complexity index is 409. The quantitative estimate of drug-likeness (QED) is 0.833. The predicted molar refractivity (Wildman–Crippen MR) is 66.2 cm³/mol. The Balaban J connectivity index is 1.67. The molecule has 3 rings (SSSR count). The zero-order chi connectivity index (χ0) is 11.8. The number of nitrogen functional groups attached to an aromatic ring is 1. The fraction of sp³-hybridized carbons (Fsp3) is 0.538. The minimum Gasteiger partial charge on any atom is -0.384 e. The molecule has 17 heavy (non-hydrogen) atoms. The monoisotopic (exact) mass is 231 g/mol. The Morgan fingerprint density at radius 1 is 1.29 bits per heavy atom. The van der Waals surface area contributed by atoms with Crippen molar-refractivity contribution in [3.63, 3.8) is 0 Å². The van der Waals surface area contributed by atoms with Gasteiger partial charge in [0.2, 0.25) is 5.91 Å². The van der Waals surface area contributed by atoms with Crippen molar-refractivity contribution in [2.45, 2.75) is 25.7 Å². The van der Waals surface area contributed by atoms with E-state index in [1.165, 1.54) is 25.7 Å². The van der Waals surface area contributed by atoms with Crippen LogP contribution in [0.5, 0.6) is 0 Å². The maximum Gasteiger partial charge on any atom is 0.228 e. The third-order valence-corrected chi connectivity index (χ3v) is 3.62. The lowest BCUT2D eigenvalue weighted by molar-refractivity contribution is -0.121. The van der Waals surface area contributed by atoms with Gasteiger partial charge in [0.1, 0.15) is 5.82 Å². The number of nitrogens with two attached hydrogens (primary N) is 1. The van der Waals surface area contributed by atoms with Crippen LogP contribution < -0.4 is 11.1 Å². The predicted octanol–water partition coefficient (Wildman–Crippen LogP) is 2.04. The minimum absolute atomic E-state index is 0.168. The summed E-state index contributed by atoms with van der Waals surface area (Å²) >= 11 is 0. The first-order valence-electron chi connectivity index (χ1n) is 6.26. The lowest BCUT2D eigenvalue weighted by Crippen LogP contribution is -2.26. The number of nitrogens with one attached hydrogen (secondary N) is 1. The molecule has 2 fully saturated rings. The van der Waals surface area contributed by atoms with E-state index in [4.69, 9.17) is 5.73 Å². The summed E-state index contributed by atoms with van der Waals surface area (Å²) in [6, 6.07) is 3.51. The van der Waals surface area contributed by atoms with Crippen LogP contribution >= 0.6 is 0 Å². The fourth-order valence-corrected chi connectivity index (χ4v) is 2.43. The number of aromatic nitrogens is 1. The maximum absolute atomic E-state index is 12.2. The van der Waals surface area contributed by atoms with Crippen molar-refractivity contribution in [1.29, 1.82) is 0 Å². The molecule has 2 aliphatic carbocycles. The Labute approximate surface area is 101 Å². The third-order valence-electron chi connectivity index (χ3n) is 3.62. The normalized spacial score (nSPS) is 19.4. The SMILES string of the molecule is Nc1ccc(NC(=O)C(C2CC2)C2CC2)cn1. The molecule has 90 valence electrons. The molecule has 4 nitrogen and oxygen atoms in total. The summed E-state index contributed by atoms with van der Waals surface area (Å²) in [4.78, 5) is 16.2. The molecule has 3 N–H and O–H groups in total. The van der Waals surface area contributed by atoms with E-state index in [0.717, 1.165) is 5.69 Å². The van der Waals surface area contributed by atoms with E-state index < -0.39 is 0 Å². The Morgan fingerprint density at radius 3 is 2.41 bits per heavy atom. The van der Waals surface area contributed by atoms with Gasteiger partial charge in [0.25, 0.3) is 0 Å². The van der Waals surface area contributed by atoms with Gasteiger partial charge in [0.05, 0.1) is 11.9 Å². The first kappa shape index (κ1) is 10.6. The summed E-state index contributed by atoms with van der Waals surface area (Å²) in [7, 11) is 0. The average Bonchev–Trinajstić information content (AvgIpc) is 3.14. The van der Waals surface area contributed by atoms with Crippen LogP contribution in [-0.4, -0.2) is 10.9 Å². The number of hydrogen-bond acceptors (Lipinski definition) is 3. The van der Waals surface area contributed by atoms with Crippen molar-refractivity contribution in [2.24, 2.45) is 17.8 Å². The van der Waals surface area contributed by atoms with E-state index in [1.54, 1.807) is 18.3 Å². The van der Waals surface area contributed by atoms with Crippen LogP contribution in [-0.2, 0) is 4.79 Å². The van der Waals surface area contributed by atoms with Gasteiger partial charge in [-0.15, -0.1) is 0 Å². The van der Waals surface area contributed by atoms with Crippen LogP contribution in [0.3, 0.4) is 0 Å². The first-order chi connectivity index (χ1) is 8.24. The zero-order valence-electron chi connectivity index (χ0n) is 9.73. The van der Waals surface area contributed by atoms with Gasteiger partial charge < -0.3 is 11.1 Å². The number of anilines is 2. The van der Waals surface area contributed by atoms with Crippen LogP contribution in [0.25, 0.3) is 0 Å². The van der Waals surface area contributed by atoms with Crippen LogP contribution in [0.4, 0.5) is 11.5 Å². The highest BCUT2D eigenvalue weighted by Gasteiger charge is 2.45. The lowest BCUT2D eigenvalue weighted by Gasteiger charge is -2.15. The second kappa shape index (κ2) is 4.02. The Hall–Kier alpha value is -1.58. The van der Waals surface area contributed by atoms with E-state index in [1.807, 2.05) is 0 Å². The highest BCUT2D eigenvalue weighted by Crippen LogP contribution is 2.49. The summed E-state index contributed by atoms with van der Waals surface area (Å²) in [6.07, 6.45) is 6.48. The summed E-state index contributed by atoms with van der Waals surface area (Å²) in [5.41, 5.74) is 6.26. The van der Waals surface area contributed by atoms with E-state index in [2.05, 4.69) is 10.3 Å². The largest absolute Gasteiger partial charge is 0.384 e. The molecule has 1 amide bonds. The summed E-state index contributed by atoms with van der Waals surface area (Å²) in [6.45, 7) is 0. The van der Waals surface area contributed by atoms with E-state index >= 15 is 0 Å². The molecule has 0 aromatic carbocycles. The molecule has 4 heteroatoms. The molecular formula is C13H17N3O. The van der Waals surface area contributed by atoms with Gasteiger partial charge in [0.15, 0.2) is 0 Å². The maximum atomic E-state index is 12.2. The van der Waals surface area contributed by atoms with Crippen molar-refractivity contribution >= 4 is 17.4 Å². The number of nitrogens with zero attached hydrogens (tertiary/aromatic N) is 1. The van der Waals surface area contributed by atoms with Crippen molar-refractivity contribution in [3.05, 3.63) is 18.3 Å². The molecule has 1 heterocycles. The van der Waals surface area contributed by atoms with Crippen LogP contribution in [0.2, 0.25) is 0 Å². The molecule has 0 atom stereocenters. The average molecular weight is 231 g/mol. The molecular weight excluding hydrogens is 214 g/mol. The van der Waals surface area contributed by atoms with Crippen LogP contribution in [0.15, 0.2) is 18.3 Å². The number of carbonyl (C=O) groups excluding carboxylic acids is 1. The number of rotatable bonds is 4. The molecule has 2 saturated carbocycles. The molecule has 0 spiro atoms. The topological polar surface area (TPSA) is 68.0 Å². The van der Waals surface area contributed by atoms with Crippen molar-refractivity contribution in [1.82, 2.24) is 4.98 Å². The fourth-order valence-electron chi connectivity index (χ4n) is 2.43. The van der Waals surface area contributed by atoms with Crippen molar-refractivity contribution in [2.75, 3.05) is 11.1 Å². The number of pyridine rings is 1.